The van der Waals surface area contributed by atoms with E-state index in [0.717, 1.165) is 5.69 Å². The van der Waals surface area contributed by atoms with Crippen LogP contribution in [0.25, 0.3) is 5.69 Å². The number of nitro benzene ring substituents is 1. The highest BCUT2D eigenvalue weighted by molar-refractivity contribution is 6.32. The van der Waals surface area contributed by atoms with Crippen molar-refractivity contribution in [1.82, 2.24) is 20.2 Å². The van der Waals surface area contributed by atoms with Crippen molar-refractivity contribution in [3.63, 3.8) is 0 Å². The van der Waals surface area contributed by atoms with Crippen LogP contribution in [-0.2, 0) is 6.54 Å². The van der Waals surface area contributed by atoms with Gasteiger partial charge in [0.25, 0.3) is 5.69 Å². The monoisotopic (exact) mass is 330 g/mol. The maximum Gasteiger partial charge on any atom is 0.289 e. The molecule has 1 N–H and O–H groups in total. The molecule has 0 aliphatic heterocycles. The second-order valence-corrected chi connectivity index (χ2v) is 5.03. The normalized spacial score (nSPS) is 10.5. The molecule has 1 heterocycles. The fourth-order valence-electron chi connectivity index (χ4n) is 2.03. The number of hydrogen-bond donors (Lipinski definition) is 1. The van der Waals surface area contributed by atoms with Crippen LogP contribution in [0.5, 0.6) is 0 Å². The molecule has 3 rings (SSSR count). The van der Waals surface area contributed by atoms with Crippen molar-refractivity contribution in [1.29, 1.82) is 0 Å². The Kier molecular flexibility index (Phi) is 4.15. The number of nitrogens with one attached hydrogen (secondary N) is 1. The van der Waals surface area contributed by atoms with E-state index in [1.54, 1.807) is 10.7 Å². The standard InChI is InChI=1S/C14H11ClN6O2/c15-12-7-6-10(8-13(12)21(22)23)16-9-14-17-18-19-20(14)11-4-2-1-3-5-11/h1-8,16H,9H2. The fraction of sp³-hybridized carbons (Fsp3) is 0.0714. The van der Waals surface area contributed by atoms with Crippen LogP contribution in [0.2, 0.25) is 5.02 Å². The summed E-state index contributed by atoms with van der Waals surface area (Å²) in [5.74, 6) is 0.578. The number of para-hydroxylation sites is 1. The molecule has 0 aliphatic carbocycles. The number of tetrazole rings is 1. The third-order valence-electron chi connectivity index (χ3n) is 3.13. The maximum atomic E-state index is 10.9. The summed E-state index contributed by atoms with van der Waals surface area (Å²) >= 11 is 5.79. The first-order chi connectivity index (χ1) is 11.1. The zero-order valence-electron chi connectivity index (χ0n) is 11.8. The first-order valence-corrected chi connectivity index (χ1v) is 7.03. The number of rotatable bonds is 5. The molecule has 0 aliphatic rings. The van der Waals surface area contributed by atoms with E-state index in [4.69, 9.17) is 11.6 Å². The predicted octanol–water partition coefficient (Wildman–Crippen LogP) is 2.84. The molecule has 0 saturated heterocycles. The molecule has 8 nitrogen and oxygen atoms in total. The number of benzene rings is 2. The third kappa shape index (κ3) is 3.27. The van der Waals surface area contributed by atoms with Crippen LogP contribution >= 0.6 is 11.6 Å². The van der Waals surface area contributed by atoms with Gasteiger partial charge in [0.1, 0.15) is 5.02 Å². The topological polar surface area (TPSA) is 98.8 Å². The van der Waals surface area contributed by atoms with E-state index >= 15 is 0 Å². The summed E-state index contributed by atoms with van der Waals surface area (Å²) in [5.41, 5.74) is 1.24. The zero-order chi connectivity index (χ0) is 16.2. The number of aromatic nitrogens is 4. The van der Waals surface area contributed by atoms with Crippen molar-refractivity contribution in [3.05, 3.63) is 69.5 Å². The van der Waals surface area contributed by atoms with Gasteiger partial charge in [-0.15, -0.1) is 5.10 Å². The summed E-state index contributed by atoms with van der Waals surface area (Å²) in [6.07, 6.45) is 0. The molecule has 2 aromatic carbocycles. The summed E-state index contributed by atoms with van der Waals surface area (Å²) in [7, 11) is 0. The van der Waals surface area contributed by atoms with E-state index in [1.165, 1.54) is 12.1 Å². The van der Waals surface area contributed by atoms with E-state index in [9.17, 15) is 10.1 Å². The Labute approximate surface area is 135 Å². The highest BCUT2D eigenvalue weighted by atomic mass is 35.5. The molecule has 0 fully saturated rings. The van der Waals surface area contributed by atoms with Crippen molar-refractivity contribution in [2.45, 2.75) is 6.54 Å². The Bertz CT molecular complexity index is 836. The van der Waals surface area contributed by atoms with Gasteiger partial charge in [0.2, 0.25) is 0 Å². The second-order valence-electron chi connectivity index (χ2n) is 4.62. The Hall–Kier alpha value is -3.00. The van der Waals surface area contributed by atoms with Crippen molar-refractivity contribution in [2.24, 2.45) is 0 Å². The highest BCUT2D eigenvalue weighted by Crippen LogP contribution is 2.27. The van der Waals surface area contributed by atoms with E-state index in [0.29, 0.717) is 18.1 Å². The maximum absolute atomic E-state index is 10.9. The Morgan fingerprint density at radius 3 is 2.74 bits per heavy atom. The molecule has 0 atom stereocenters. The predicted molar refractivity (Wildman–Crippen MR) is 84.6 cm³/mol. The van der Waals surface area contributed by atoms with Crippen LogP contribution in [0, 0.1) is 10.1 Å². The minimum Gasteiger partial charge on any atom is -0.377 e. The minimum absolute atomic E-state index is 0.0923. The number of nitrogens with zero attached hydrogens (tertiary/aromatic N) is 5. The molecule has 9 heteroatoms. The molecule has 0 unspecified atom stereocenters. The van der Waals surface area contributed by atoms with Gasteiger partial charge in [0, 0.05) is 11.8 Å². The van der Waals surface area contributed by atoms with Crippen LogP contribution in [-0.4, -0.2) is 25.1 Å². The quantitative estimate of drug-likeness (QED) is 0.570. The van der Waals surface area contributed by atoms with Gasteiger partial charge in [0.05, 0.1) is 17.2 Å². The number of anilines is 1. The fourth-order valence-corrected chi connectivity index (χ4v) is 2.22. The lowest BCUT2D eigenvalue weighted by Crippen LogP contribution is -2.08. The summed E-state index contributed by atoms with van der Waals surface area (Å²) < 4.78 is 1.59. The molecular formula is C14H11ClN6O2. The highest BCUT2D eigenvalue weighted by Gasteiger charge is 2.13. The van der Waals surface area contributed by atoms with E-state index < -0.39 is 4.92 Å². The van der Waals surface area contributed by atoms with Crippen molar-refractivity contribution < 1.29 is 4.92 Å². The minimum atomic E-state index is -0.526. The van der Waals surface area contributed by atoms with E-state index in [1.807, 2.05) is 30.3 Å². The summed E-state index contributed by atoms with van der Waals surface area (Å²) in [4.78, 5) is 10.4. The van der Waals surface area contributed by atoms with Gasteiger partial charge in [-0.2, -0.15) is 4.68 Å². The van der Waals surface area contributed by atoms with Gasteiger partial charge < -0.3 is 5.32 Å². The lowest BCUT2D eigenvalue weighted by molar-refractivity contribution is -0.384. The van der Waals surface area contributed by atoms with Crippen LogP contribution in [0.15, 0.2) is 48.5 Å². The average molecular weight is 331 g/mol. The van der Waals surface area contributed by atoms with Gasteiger partial charge in [-0.25, -0.2) is 0 Å². The smallest absolute Gasteiger partial charge is 0.289 e. The molecule has 0 spiro atoms. The van der Waals surface area contributed by atoms with E-state index in [-0.39, 0.29) is 10.7 Å². The Balaban J connectivity index is 1.79. The van der Waals surface area contributed by atoms with Crippen molar-refractivity contribution >= 4 is 23.0 Å². The third-order valence-corrected chi connectivity index (χ3v) is 3.45. The number of hydrogen-bond acceptors (Lipinski definition) is 6. The molecule has 0 saturated carbocycles. The summed E-state index contributed by atoms with van der Waals surface area (Å²) in [6.45, 7) is 0.306. The van der Waals surface area contributed by atoms with Gasteiger partial charge in [-0.05, 0) is 34.7 Å². The summed E-state index contributed by atoms with van der Waals surface area (Å²) in [5, 5.41) is 25.6. The molecule has 3 aromatic rings. The van der Waals surface area contributed by atoms with Crippen LogP contribution in [0.1, 0.15) is 5.82 Å². The molecule has 0 radical (unpaired) electrons. The van der Waals surface area contributed by atoms with Crippen molar-refractivity contribution in [2.75, 3.05) is 5.32 Å². The molecule has 23 heavy (non-hydrogen) atoms. The van der Waals surface area contributed by atoms with Gasteiger partial charge in [-0.1, -0.05) is 29.8 Å². The average Bonchev–Trinajstić information content (AvgIpc) is 3.03. The number of nitro groups is 1. The number of halogens is 1. The Morgan fingerprint density at radius 1 is 1.22 bits per heavy atom. The van der Waals surface area contributed by atoms with Gasteiger partial charge >= 0.3 is 0 Å². The Morgan fingerprint density at radius 2 is 2.00 bits per heavy atom. The molecule has 0 amide bonds. The van der Waals surface area contributed by atoms with Crippen LogP contribution < -0.4 is 5.32 Å². The van der Waals surface area contributed by atoms with Gasteiger partial charge in [-0.3, -0.25) is 10.1 Å². The lowest BCUT2D eigenvalue weighted by Gasteiger charge is -2.07. The summed E-state index contributed by atoms with van der Waals surface area (Å²) in [6, 6.07) is 13.9. The van der Waals surface area contributed by atoms with Crippen molar-refractivity contribution in [3.8, 4) is 5.69 Å². The molecule has 116 valence electrons. The van der Waals surface area contributed by atoms with E-state index in [2.05, 4.69) is 20.8 Å². The van der Waals surface area contributed by atoms with Crippen LogP contribution in [0.4, 0.5) is 11.4 Å². The van der Waals surface area contributed by atoms with Crippen LogP contribution in [0.3, 0.4) is 0 Å². The zero-order valence-corrected chi connectivity index (χ0v) is 12.5. The van der Waals surface area contributed by atoms with Gasteiger partial charge in [0.15, 0.2) is 5.82 Å². The largest absolute Gasteiger partial charge is 0.377 e. The molecule has 0 bridgehead atoms. The first-order valence-electron chi connectivity index (χ1n) is 6.65. The molecular weight excluding hydrogens is 320 g/mol. The lowest BCUT2D eigenvalue weighted by atomic mass is 10.2. The second kappa shape index (κ2) is 6.41. The SMILES string of the molecule is O=[N+]([O-])c1cc(NCc2nnnn2-c2ccccc2)ccc1Cl. The molecule has 1 aromatic heterocycles. The first kappa shape index (κ1) is 14.9.